The predicted molar refractivity (Wildman–Crippen MR) is 64.3 cm³/mol. The van der Waals surface area contributed by atoms with Gasteiger partial charge in [0.15, 0.2) is 9.84 Å². The lowest BCUT2D eigenvalue weighted by molar-refractivity contribution is 0.521. The molecule has 6 nitrogen and oxygen atoms in total. The highest BCUT2D eigenvalue weighted by Gasteiger charge is 2.33. The van der Waals surface area contributed by atoms with Gasteiger partial charge in [-0.2, -0.15) is 0 Å². The molecule has 1 aliphatic heterocycles. The van der Waals surface area contributed by atoms with E-state index < -0.39 is 9.84 Å². The molecule has 1 aromatic rings. The van der Waals surface area contributed by atoms with E-state index in [4.69, 9.17) is 5.73 Å². The second-order valence-corrected chi connectivity index (χ2v) is 6.97. The lowest BCUT2D eigenvalue weighted by Crippen LogP contribution is -2.16. The van der Waals surface area contributed by atoms with Gasteiger partial charge in [-0.1, -0.05) is 0 Å². The Balaban J connectivity index is 2.36. The number of sulfone groups is 1. The Hall–Kier alpha value is -0.950. The summed E-state index contributed by atoms with van der Waals surface area (Å²) in [5.41, 5.74) is 5.61. The quantitative estimate of drug-likeness (QED) is 0.837. The molecule has 1 aliphatic rings. The fraction of sp³-hybridized carbons (Fsp3) is 0.800. The van der Waals surface area contributed by atoms with E-state index >= 15 is 0 Å². The van der Waals surface area contributed by atoms with E-state index in [1.807, 2.05) is 18.4 Å². The van der Waals surface area contributed by atoms with Crippen LogP contribution >= 0.6 is 0 Å². The fourth-order valence-corrected chi connectivity index (χ4v) is 4.06. The monoisotopic (exact) mass is 258 g/mol. The molecule has 1 fully saturated rings. The van der Waals surface area contributed by atoms with Crippen molar-refractivity contribution in [2.75, 3.05) is 11.5 Å². The highest BCUT2D eigenvalue weighted by atomic mass is 32.2. The van der Waals surface area contributed by atoms with Crippen molar-refractivity contribution in [2.45, 2.75) is 38.8 Å². The molecule has 96 valence electrons. The Labute approximate surface area is 101 Å². The number of nitrogens with two attached hydrogens (primary N) is 1. The van der Waals surface area contributed by atoms with Gasteiger partial charge in [0.05, 0.1) is 18.1 Å². The second kappa shape index (κ2) is 4.38. The number of hydrogen-bond acceptors (Lipinski definition) is 5. The van der Waals surface area contributed by atoms with Crippen molar-refractivity contribution in [3.8, 4) is 0 Å². The molecular formula is C10H18N4O2S. The topological polar surface area (TPSA) is 90.9 Å². The van der Waals surface area contributed by atoms with Crippen LogP contribution in [-0.4, -0.2) is 34.7 Å². The predicted octanol–water partition coefficient (Wildman–Crippen LogP) is 0.220. The molecule has 0 aromatic carbocycles. The largest absolute Gasteiger partial charge is 0.324 e. The Kier molecular flexibility index (Phi) is 3.22. The van der Waals surface area contributed by atoms with Crippen molar-refractivity contribution < 1.29 is 8.42 Å². The van der Waals surface area contributed by atoms with Crippen molar-refractivity contribution in [1.82, 2.24) is 14.8 Å². The Bertz CT molecular complexity index is 506. The summed E-state index contributed by atoms with van der Waals surface area (Å²) in [5.74, 6) is 1.89. The average molecular weight is 258 g/mol. The first kappa shape index (κ1) is 12.5. The molecule has 0 amide bonds. The molecule has 1 atom stereocenters. The maximum atomic E-state index is 11.5. The van der Waals surface area contributed by atoms with E-state index in [0.717, 1.165) is 11.6 Å². The zero-order chi connectivity index (χ0) is 12.6. The zero-order valence-electron chi connectivity index (χ0n) is 10.1. The van der Waals surface area contributed by atoms with E-state index in [1.54, 1.807) is 0 Å². The minimum atomic E-state index is -2.90. The van der Waals surface area contributed by atoms with Crippen molar-refractivity contribution in [2.24, 2.45) is 5.73 Å². The first-order valence-corrected chi connectivity index (χ1v) is 7.61. The molecule has 7 heteroatoms. The molecular weight excluding hydrogens is 240 g/mol. The minimum absolute atomic E-state index is 0.0322. The van der Waals surface area contributed by atoms with Crippen LogP contribution in [0.1, 0.15) is 43.9 Å². The van der Waals surface area contributed by atoms with Gasteiger partial charge in [-0.05, 0) is 20.3 Å². The third-order valence-corrected chi connectivity index (χ3v) is 4.86. The smallest absolute Gasteiger partial charge is 0.151 e. The second-order valence-electron chi connectivity index (χ2n) is 4.74. The van der Waals surface area contributed by atoms with Gasteiger partial charge in [0.25, 0.3) is 0 Å². The Morgan fingerprint density at radius 2 is 2.18 bits per heavy atom. The molecule has 1 saturated heterocycles. The van der Waals surface area contributed by atoms with Crippen LogP contribution in [0.15, 0.2) is 0 Å². The van der Waals surface area contributed by atoms with Crippen molar-refractivity contribution in [1.29, 1.82) is 0 Å². The van der Waals surface area contributed by atoms with Crippen LogP contribution in [0.2, 0.25) is 0 Å². The Morgan fingerprint density at radius 3 is 2.65 bits per heavy atom. The molecule has 2 heterocycles. The standard InChI is InChI=1S/C10H18N4O2S/c1-7(2)14-9(5-11)12-13-10(14)8-3-4-17(15,16)6-8/h7-8H,3-6,11H2,1-2H3. The minimum Gasteiger partial charge on any atom is -0.324 e. The summed E-state index contributed by atoms with van der Waals surface area (Å²) in [6.45, 7) is 4.37. The molecule has 0 saturated carbocycles. The van der Waals surface area contributed by atoms with Gasteiger partial charge in [-0.15, -0.1) is 10.2 Å². The van der Waals surface area contributed by atoms with E-state index in [2.05, 4.69) is 10.2 Å². The van der Waals surface area contributed by atoms with E-state index in [1.165, 1.54) is 0 Å². The summed E-state index contributed by atoms with van der Waals surface area (Å²) in [4.78, 5) is 0. The van der Waals surface area contributed by atoms with Crippen LogP contribution in [-0.2, 0) is 16.4 Å². The van der Waals surface area contributed by atoms with Crippen LogP contribution in [0.4, 0.5) is 0 Å². The normalized spacial score (nSPS) is 23.4. The number of nitrogens with zero attached hydrogens (tertiary/aromatic N) is 3. The summed E-state index contributed by atoms with van der Waals surface area (Å²) in [6.07, 6.45) is 0.637. The molecule has 0 spiro atoms. The van der Waals surface area contributed by atoms with Gasteiger partial charge in [0.1, 0.15) is 11.6 Å². The molecule has 1 aromatic heterocycles. The molecule has 2 rings (SSSR count). The summed E-state index contributed by atoms with van der Waals surface area (Å²) in [5, 5.41) is 8.17. The van der Waals surface area contributed by atoms with Crippen LogP contribution in [0.25, 0.3) is 0 Å². The maximum absolute atomic E-state index is 11.5. The SMILES string of the molecule is CC(C)n1c(CN)nnc1C1CCS(=O)(=O)C1. The van der Waals surface area contributed by atoms with Crippen LogP contribution in [0.5, 0.6) is 0 Å². The summed E-state index contributed by atoms with van der Waals surface area (Å²) < 4.78 is 24.9. The van der Waals surface area contributed by atoms with Crippen molar-refractivity contribution in [3.05, 3.63) is 11.6 Å². The number of aromatic nitrogens is 3. The van der Waals surface area contributed by atoms with Gasteiger partial charge in [-0.25, -0.2) is 8.42 Å². The van der Waals surface area contributed by atoms with Gasteiger partial charge >= 0.3 is 0 Å². The highest BCUT2D eigenvalue weighted by Crippen LogP contribution is 2.29. The van der Waals surface area contributed by atoms with Crippen LogP contribution in [0, 0.1) is 0 Å². The molecule has 1 unspecified atom stereocenters. The summed E-state index contributed by atoms with van der Waals surface area (Å²) in [6, 6.07) is 0.196. The van der Waals surface area contributed by atoms with Gasteiger partial charge in [0.2, 0.25) is 0 Å². The third-order valence-electron chi connectivity index (χ3n) is 3.09. The van der Waals surface area contributed by atoms with Gasteiger partial charge in [-0.3, -0.25) is 0 Å². The maximum Gasteiger partial charge on any atom is 0.151 e. The molecule has 0 bridgehead atoms. The number of rotatable bonds is 3. The fourth-order valence-electron chi connectivity index (χ4n) is 2.32. The highest BCUT2D eigenvalue weighted by molar-refractivity contribution is 7.91. The first-order chi connectivity index (χ1) is 7.94. The first-order valence-electron chi connectivity index (χ1n) is 5.78. The van der Waals surface area contributed by atoms with Crippen LogP contribution < -0.4 is 5.73 Å². The molecule has 0 radical (unpaired) electrons. The van der Waals surface area contributed by atoms with Crippen LogP contribution in [0.3, 0.4) is 0 Å². The van der Waals surface area contributed by atoms with Crippen molar-refractivity contribution >= 4 is 9.84 Å². The summed E-state index contributed by atoms with van der Waals surface area (Å²) in [7, 11) is -2.90. The summed E-state index contributed by atoms with van der Waals surface area (Å²) >= 11 is 0. The van der Waals surface area contributed by atoms with Gasteiger partial charge < -0.3 is 10.3 Å². The average Bonchev–Trinajstić information content (AvgIpc) is 2.80. The molecule has 0 aliphatic carbocycles. The third kappa shape index (κ3) is 2.35. The van der Waals surface area contributed by atoms with E-state index in [9.17, 15) is 8.42 Å². The molecule has 17 heavy (non-hydrogen) atoms. The van der Waals surface area contributed by atoms with E-state index in [0.29, 0.717) is 13.0 Å². The zero-order valence-corrected chi connectivity index (χ0v) is 10.9. The number of hydrogen-bond donors (Lipinski definition) is 1. The molecule has 2 N–H and O–H groups in total. The lowest BCUT2D eigenvalue weighted by atomic mass is 10.1. The van der Waals surface area contributed by atoms with Crippen molar-refractivity contribution in [3.63, 3.8) is 0 Å². The Morgan fingerprint density at radius 1 is 1.47 bits per heavy atom. The van der Waals surface area contributed by atoms with E-state index in [-0.39, 0.29) is 23.5 Å². The van der Waals surface area contributed by atoms with Gasteiger partial charge in [0, 0.05) is 12.0 Å². The lowest BCUT2D eigenvalue weighted by Gasteiger charge is -2.16.